The zero-order chi connectivity index (χ0) is 19.1. The average molecular weight is 371 g/mol. The molecule has 1 saturated carbocycles. The van der Waals surface area contributed by atoms with Gasteiger partial charge in [0.25, 0.3) is 0 Å². The van der Waals surface area contributed by atoms with E-state index in [1.54, 1.807) is 4.90 Å². The van der Waals surface area contributed by atoms with Gasteiger partial charge in [0.1, 0.15) is 0 Å². The van der Waals surface area contributed by atoms with Crippen molar-refractivity contribution in [3.8, 4) is 0 Å². The molecule has 0 aromatic heterocycles. The number of amides is 3. The second kappa shape index (κ2) is 9.53. The summed E-state index contributed by atoms with van der Waals surface area (Å²) in [5.74, 6) is -0.121. The molecule has 1 atom stereocenters. The topological polar surface area (TPSA) is 78.5 Å². The van der Waals surface area contributed by atoms with Gasteiger partial charge in [-0.1, -0.05) is 36.8 Å². The highest BCUT2D eigenvalue weighted by molar-refractivity contribution is 5.87. The third kappa shape index (κ3) is 5.31. The lowest BCUT2D eigenvalue weighted by atomic mass is 9.85. The first kappa shape index (κ1) is 19.4. The fraction of sp³-hybridized carbons (Fsp3) is 0.571. The summed E-state index contributed by atoms with van der Waals surface area (Å²) in [7, 11) is 0. The number of carbonyl (C=O) groups excluding carboxylic acids is 3. The van der Waals surface area contributed by atoms with Gasteiger partial charge in [-0.3, -0.25) is 14.4 Å². The van der Waals surface area contributed by atoms with E-state index in [2.05, 4.69) is 10.6 Å². The molecular weight excluding hydrogens is 342 g/mol. The molecule has 3 amide bonds. The van der Waals surface area contributed by atoms with E-state index in [1.165, 1.54) is 0 Å². The number of rotatable bonds is 4. The monoisotopic (exact) mass is 371 g/mol. The van der Waals surface area contributed by atoms with Crippen molar-refractivity contribution in [3.05, 3.63) is 35.9 Å². The summed E-state index contributed by atoms with van der Waals surface area (Å²) in [6.45, 7) is 1.29. The zero-order valence-corrected chi connectivity index (χ0v) is 15.8. The molecular formula is C21H29N3O3. The minimum atomic E-state index is -0.308. The van der Waals surface area contributed by atoms with E-state index in [9.17, 15) is 14.4 Å². The summed E-state index contributed by atoms with van der Waals surface area (Å²) < 4.78 is 0. The number of carbonyl (C=O) groups is 3. The highest BCUT2D eigenvalue weighted by Crippen LogP contribution is 2.27. The Morgan fingerprint density at radius 2 is 1.85 bits per heavy atom. The molecule has 1 aliphatic carbocycles. The summed E-state index contributed by atoms with van der Waals surface area (Å²) in [6, 6.07) is 9.38. The van der Waals surface area contributed by atoms with Crippen molar-refractivity contribution in [3.63, 3.8) is 0 Å². The Bertz CT molecular complexity index is 658. The quantitative estimate of drug-likeness (QED) is 0.851. The van der Waals surface area contributed by atoms with Gasteiger partial charge in [-0.05, 0) is 37.7 Å². The van der Waals surface area contributed by atoms with Crippen LogP contribution < -0.4 is 10.6 Å². The van der Waals surface area contributed by atoms with Crippen molar-refractivity contribution in [1.29, 1.82) is 0 Å². The summed E-state index contributed by atoms with van der Waals surface area (Å²) in [6.07, 6.45) is 5.92. The van der Waals surface area contributed by atoms with Gasteiger partial charge in [-0.25, -0.2) is 0 Å². The molecule has 6 heteroatoms. The van der Waals surface area contributed by atoms with Crippen LogP contribution in [-0.2, 0) is 14.4 Å². The standard InChI is InChI=1S/C21H29N3O3/c25-19-14-18(16-8-3-1-4-9-16)24(13-6-2-5-12-22-19)20(26)15-23-21(27)17-10-7-11-17/h1,3-4,8-9,17-18H,2,5-7,10-15H2,(H,22,25)(H,23,27). The first-order valence-corrected chi connectivity index (χ1v) is 10.0. The van der Waals surface area contributed by atoms with Crippen LogP contribution in [0, 0.1) is 5.92 Å². The van der Waals surface area contributed by atoms with Crippen LogP contribution in [0.3, 0.4) is 0 Å². The maximum absolute atomic E-state index is 13.0. The van der Waals surface area contributed by atoms with Gasteiger partial charge < -0.3 is 15.5 Å². The van der Waals surface area contributed by atoms with Crippen molar-refractivity contribution >= 4 is 17.7 Å². The van der Waals surface area contributed by atoms with Crippen LogP contribution in [0.4, 0.5) is 0 Å². The molecule has 0 radical (unpaired) electrons. The van der Waals surface area contributed by atoms with E-state index in [0.29, 0.717) is 13.1 Å². The molecule has 1 aromatic rings. The SMILES string of the molecule is O=C1CC(c2ccccc2)N(C(=O)CNC(=O)C2CCC2)CCCCCN1. The molecule has 6 nitrogen and oxygen atoms in total. The van der Waals surface area contributed by atoms with Crippen LogP contribution in [0.2, 0.25) is 0 Å². The minimum Gasteiger partial charge on any atom is -0.356 e. The molecule has 1 aromatic carbocycles. The fourth-order valence-corrected chi connectivity index (χ4v) is 3.68. The normalized spacial score (nSPS) is 21.7. The Morgan fingerprint density at radius 3 is 2.56 bits per heavy atom. The molecule has 146 valence electrons. The third-order valence-electron chi connectivity index (χ3n) is 5.55. The molecule has 2 aliphatic rings. The summed E-state index contributed by atoms with van der Waals surface area (Å²) >= 11 is 0. The van der Waals surface area contributed by atoms with Crippen LogP contribution in [0.15, 0.2) is 30.3 Å². The van der Waals surface area contributed by atoms with Crippen molar-refractivity contribution in [1.82, 2.24) is 15.5 Å². The lowest BCUT2D eigenvalue weighted by Gasteiger charge is -2.33. The van der Waals surface area contributed by atoms with Crippen molar-refractivity contribution < 1.29 is 14.4 Å². The second-order valence-corrected chi connectivity index (χ2v) is 7.47. The van der Waals surface area contributed by atoms with Crippen molar-refractivity contribution in [2.24, 2.45) is 5.92 Å². The molecule has 1 aliphatic heterocycles. The fourth-order valence-electron chi connectivity index (χ4n) is 3.68. The van der Waals surface area contributed by atoms with Gasteiger partial charge in [0, 0.05) is 19.0 Å². The maximum Gasteiger partial charge on any atom is 0.242 e. The smallest absolute Gasteiger partial charge is 0.242 e. The van der Waals surface area contributed by atoms with Crippen LogP contribution >= 0.6 is 0 Å². The first-order valence-electron chi connectivity index (χ1n) is 10.0. The number of hydrogen-bond donors (Lipinski definition) is 2. The van der Waals surface area contributed by atoms with Gasteiger partial charge >= 0.3 is 0 Å². The van der Waals surface area contributed by atoms with E-state index in [0.717, 1.165) is 44.1 Å². The van der Waals surface area contributed by atoms with Crippen LogP contribution in [0.25, 0.3) is 0 Å². The third-order valence-corrected chi connectivity index (χ3v) is 5.55. The Hall–Kier alpha value is -2.37. The first-order chi connectivity index (χ1) is 13.1. The van der Waals surface area contributed by atoms with Crippen LogP contribution in [0.5, 0.6) is 0 Å². The Labute approximate surface area is 160 Å². The lowest BCUT2D eigenvalue weighted by Crippen LogP contribution is -2.46. The number of benzene rings is 1. The maximum atomic E-state index is 13.0. The van der Waals surface area contributed by atoms with E-state index in [1.807, 2.05) is 30.3 Å². The molecule has 1 saturated heterocycles. The van der Waals surface area contributed by atoms with Gasteiger partial charge in [-0.15, -0.1) is 0 Å². The zero-order valence-electron chi connectivity index (χ0n) is 15.8. The lowest BCUT2D eigenvalue weighted by molar-refractivity contribution is -0.137. The molecule has 0 spiro atoms. The van der Waals surface area contributed by atoms with Gasteiger partial charge in [0.2, 0.25) is 17.7 Å². The van der Waals surface area contributed by atoms with Crippen molar-refractivity contribution in [2.75, 3.05) is 19.6 Å². The van der Waals surface area contributed by atoms with E-state index < -0.39 is 0 Å². The Kier molecular flexibility index (Phi) is 6.85. The molecule has 0 bridgehead atoms. The van der Waals surface area contributed by atoms with Gasteiger partial charge in [0.05, 0.1) is 19.0 Å². The highest BCUT2D eigenvalue weighted by atomic mass is 16.2. The van der Waals surface area contributed by atoms with Gasteiger partial charge in [-0.2, -0.15) is 0 Å². The van der Waals surface area contributed by atoms with Crippen LogP contribution in [-0.4, -0.2) is 42.3 Å². The molecule has 2 fully saturated rings. The molecule has 3 rings (SSSR count). The summed E-state index contributed by atoms with van der Waals surface area (Å²) in [4.78, 5) is 39.2. The largest absolute Gasteiger partial charge is 0.356 e. The molecule has 27 heavy (non-hydrogen) atoms. The molecule has 1 heterocycles. The summed E-state index contributed by atoms with van der Waals surface area (Å²) in [5, 5.41) is 5.74. The number of nitrogens with zero attached hydrogens (tertiary/aromatic N) is 1. The predicted molar refractivity (Wildman–Crippen MR) is 103 cm³/mol. The van der Waals surface area contributed by atoms with E-state index in [-0.39, 0.29) is 42.6 Å². The predicted octanol–water partition coefficient (Wildman–Crippen LogP) is 2.16. The van der Waals surface area contributed by atoms with E-state index in [4.69, 9.17) is 0 Å². The number of hydrogen-bond acceptors (Lipinski definition) is 3. The highest BCUT2D eigenvalue weighted by Gasteiger charge is 2.29. The van der Waals surface area contributed by atoms with Gasteiger partial charge in [0.15, 0.2) is 0 Å². The molecule has 1 unspecified atom stereocenters. The van der Waals surface area contributed by atoms with E-state index >= 15 is 0 Å². The minimum absolute atomic E-state index is 0.000284. The van der Waals surface area contributed by atoms with Crippen LogP contribution in [0.1, 0.15) is 56.6 Å². The Balaban J connectivity index is 1.73. The molecule has 2 N–H and O–H groups in total. The van der Waals surface area contributed by atoms with Crippen molar-refractivity contribution in [2.45, 2.75) is 51.0 Å². The number of nitrogens with one attached hydrogen (secondary N) is 2. The summed E-state index contributed by atoms with van der Waals surface area (Å²) in [5.41, 5.74) is 0.951. The Morgan fingerprint density at radius 1 is 1.07 bits per heavy atom. The second-order valence-electron chi connectivity index (χ2n) is 7.47. The average Bonchev–Trinajstić information content (AvgIpc) is 2.63.